The summed E-state index contributed by atoms with van der Waals surface area (Å²) < 4.78 is 0. The Morgan fingerprint density at radius 3 is 2.41 bits per heavy atom. The van der Waals surface area contributed by atoms with Crippen molar-refractivity contribution in [2.75, 3.05) is 32.7 Å². The van der Waals surface area contributed by atoms with E-state index < -0.39 is 0 Å². The molecule has 0 radical (unpaired) electrons. The summed E-state index contributed by atoms with van der Waals surface area (Å²) in [5.74, 6) is 0.251. The second-order valence-electron chi connectivity index (χ2n) is 5.33. The van der Waals surface area contributed by atoms with Gasteiger partial charge in [0.2, 0.25) is 5.91 Å². The maximum atomic E-state index is 12.1. The fourth-order valence-electron chi connectivity index (χ4n) is 2.79. The Balaban J connectivity index is 1.78. The number of aliphatic hydroxyl groups is 1. The van der Waals surface area contributed by atoms with E-state index >= 15 is 0 Å². The van der Waals surface area contributed by atoms with Crippen molar-refractivity contribution in [1.82, 2.24) is 9.80 Å². The van der Waals surface area contributed by atoms with Crippen LogP contribution in [0.3, 0.4) is 0 Å². The summed E-state index contributed by atoms with van der Waals surface area (Å²) in [5, 5.41) is 9.58. The van der Waals surface area contributed by atoms with E-state index in [1.165, 1.54) is 12.8 Å². The van der Waals surface area contributed by atoms with Gasteiger partial charge in [-0.3, -0.25) is 9.69 Å². The van der Waals surface area contributed by atoms with E-state index in [0.717, 1.165) is 45.3 Å². The van der Waals surface area contributed by atoms with Gasteiger partial charge in [0.25, 0.3) is 0 Å². The fourth-order valence-corrected chi connectivity index (χ4v) is 2.79. The van der Waals surface area contributed by atoms with Crippen LogP contribution in [-0.4, -0.2) is 59.6 Å². The zero-order chi connectivity index (χ0) is 12.1. The van der Waals surface area contributed by atoms with Gasteiger partial charge in [-0.05, 0) is 32.2 Å². The molecule has 1 amide bonds. The van der Waals surface area contributed by atoms with E-state index in [4.69, 9.17) is 0 Å². The number of carbonyl (C=O) groups is 1. The summed E-state index contributed by atoms with van der Waals surface area (Å²) in [6, 6.07) is 0. The molecule has 2 aliphatic heterocycles. The molecule has 1 N–H and O–H groups in total. The number of amides is 1. The number of aliphatic hydroxyl groups excluding tert-OH is 1. The smallest absolute Gasteiger partial charge is 0.236 e. The minimum absolute atomic E-state index is 0.235. The van der Waals surface area contributed by atoms with Crippen molar-refractivity contribution in [3.8, 4) is 0 Å². The van der Waals surface area contributed by atoms with Crippen LogP contribution >= 0.6 is 0 Å². The van der Waals surface area contributed by atoms with Crippen LogP contribution in [0.15, 0.2) is 0 Å². The Bertz CT molecular complexity index is 250. The molecule has 0 saturated carbocycles. The van der Waals surface area contributed by atoms with E-state index in [1.54, 1.807) is 0 Å². The molecule has 17 heavy (non-hydrogen) atoms. The highest BCUT2D eigenvalue weighted by Crippen LogP contribution is 2.12. The first-order valence-corrected chi connectivity index (χ1v) is 6.94. The Hall–Kier alpha value is -0.610. The normalized spacial score (nSPS) is 27.8. The third kappa shape index (κ3) is 3.96. The van der Waals surface area contributed by atoms with Crippen LogP contribution < -0.4 is 0 Å². The molecular weight excluding hydrogens is 216 g/mol. The minimum atomic E-state index is -0.235. The number of likely N-dealkylation sites (tertiary alicyclic amines) is 2. The number of rotatable bonds is 2. The summed E-state index contributed by atoms with van der Waals surface area (Å²) in [7, 11) is 0. The lowest BCUT2D eigenvalue weighted by Gasteiger charge is -2.31. The summed E-state index contributed by atoms with van der Waals surface area (Å²) in [6.07, 6.45) is 6.46. The molecule has 0 aliphatic carbocycles. The standard InChI is InChI=1S/C13H24N2O2/c16-12-6-5-7-14(10-12)11-13(17)15-8-3-1-2-4-9-15/h12,16H,1-11H2/t12-/m1/s1. The highest BCUT2D eigenvalue weighted by Gasteiger charge is 2.22. The number of β-amino-alcohol motifs (C(OH)–C–C–N with tert-alkyl or cyclic N) is 1. The van der Waals surface area contributed by atoms with E-state index in [9.17, 15) is 9.90 Å². The molecule has 4 nitrogen and oxygen atoms in total. The number of piperidine rings is 1. The second-order valence-corrected chi connectivity index (χ2v) is 5.33. The predicted octanol–water partition coefficient (Wildman–Crippen LogP) is 0.846. The van der Waals surface area contributed by atoms with Gasteiger partial charge in [-0.15, -0.1) is 0 Å². The Kier molecular flexibility index (Phi) is 4.80. The van der Waals surface area contributed by atoms with Crippen LogP contribution in [0.4, 0.5) is 0 Å². The average molecular weight is 240 g/mol. The van der Waals surface area contributed by atoms with Crippen LogP contribution in [0, 0.1) is 0 Å². The van der Waals surface area contributed by atoms with Gasteiger partial charge in [0.15, 0.2) is 0 Å². The molecular formula is C13H24N2O2. The van der Waals surface area contributed by atoms with Crippen molar-refractivity contribution >= 4 is 5.91 Å². The Labute approximate surface area is 104 Å². The zero-order valence-electron chi connectivity index (χ0n) is 10.6. The first kappa shape index (κ1) is 12.8. The highest BCUT2D eigenvalue weighted by molar-refractivity contribution is 5.78. The van der Waals surface area contributed by atoms with Crippen LogP contribution in [-0.2, 0) is 4.79 Å². The Morgan fingerprint density at radius 2 is 1.76 bits per heavy atom. The molecule has 0 bridgehead atoms. The van der Waals surface area contributed by atoms with Gasteiger partial charge in [0, 0.05) is 19.6 Å². The molecule has 2 saturated heterocycles. The molecule has 0 unspecified atom stereocenters. The third-order valence-electron chi connectivity index (χ3n) is 3.80. The van der Waals surface area contributed by atoms with E-state index in [0.29, 0.717) is 13.1 Å². The lowest BCUT2D eigenvalue weighted by molar-refractivity contribution is -0.133. The monoisotopic (exact) mass is 240 g/mol. The number of nitrogens with zero attached hydrogens (tertiary/aromatic N) is 2. The van der Waals surface area contributed by atoms with E-state index in [-0.39, 0.29) is 12.0 Å². The van der Waals surface area contributed by atoms with Crippen molar-refractivity contribution in [2.45, 2.75) is 44.6 Å². The largest absolute Gasteiger partial charge is 0.392 e. The van der Waals surface area contributed by atoms with Crippen molar-refractivity contribution in [2.24, 2.45) is 0 Å². The fraction of sp³-hybridized carbons (Fsp3) is 0.923. The molecule has 2 aliphatic rings. The second kappa shape index (κ2) is 6.36. The molecule has 0 aromatic carbocycles. The lowest BCUT2D eigenvalue weighted by atomic mass is 10.1. The van der Waals surface area contributed by atoms with E-state index in [1.807, 2.05) is 4.90 Å². The number of hydrogen-bond donors (Lipinski definition) is 1. The first-order chi connectivity index (χ1) is 8.25. The van der Waals surface area contributed by atoms with Crippen molar-refractivity contribution in [3.05, 3.63) is 0 Å². The molecule has 2 fully saturated rings. The Morgan fingerprint density at radius 1 is 1.06 bits per heavy atom. The van der Waals surface area contributed by atoms with Gasteiger partial charge in [0.1, 0.15) is 0 Å². The quantitative estimate of drug-likeness (QED) is 0.778. The van der Waals surface area contributed by atoms with Crippen LogP contribution in [0.1, 0.15) is 38.5 Å². The van der Waals surface area contributed by atoms with E-state index in [2.05, 4.69) is 4.90 Å². The van der Waals surface area contributed by atoms with Crippen molar-refractivity contribution in [1.29, 1.82) is 0 Å². The molecule has 0 aromatic rings. The summed E-state index contributed by atoms with van der Waals surface area (Å²) in [6.45, 7) is 3.97. The first-order valence-electron chi connectivity index (χ1n) is 6.94. The van der Waals surface area contributed by atoms with Gasteiger partial charge in [-0.2, -0.15) is 0 Å². The van der Waals surface area contributed by atoms with Crippen molar-refractivity contribution in [3.63, 3.8) is 0 Å². The SMILES string of the molecule is O=C(CN1CCC[C@@H](O)C1)N1CCCCCC1. The molecule has 4 heteroatoms. The average Bonchev–Trinajstić information content (AvgIpc) is 2.57. The maximum Gasteiger partial charge on any atom is 0.236 e. The predicted molar refractivity (Wildman–Crippen MR) is 66.7 cm³/mol. The molecule has 1 atom stereocenters. The lowest BCUT2D eigenvalue weighted by Crippen LogP contribution is -2.45. The third-order valence-corrected chi connectivity index (χ3v) is 3.80. The molecule has 98 valence electrons. The molecule has 2 rings (SSSR count). The highest BCUT2D eigenvalue weighted by atomic mass is 16.3. The maximum absolute atomic E-state index is 12.1. The summed E-state index contributed by atoms with van der Waals surface area (Å²) in [4.78, 5) is 16.2. The zero-order valence-corrected chi connectivity index (χ0v) is 10.6. The van der Waals surface area contributed by atoms with Gasteiger partial charge in [-0.1, -0.05) is 12.8 Å². The number of carbonyl (C=O) groups excluding carboxylic acids is 1. The number of hydrogen-bond acceptors (Lipinski definition) is 3. The minimum Gasteiger partial charge on any atom is -0.392 e. The summed E-state index contributed by atoms with van der Waals surface area (Å²) in [5.41, 5.74) is 0. The van der Waals surface area contributed by atoms with Gasteiger partial charge in [-0.25, -0.2) is 0 Å². The van der Waals surface area contributed by atoms with Crippen LogP contribution in [0.25, 0.3) is 0 Å². The van der Waals surface area contributed by atoms with Gasteiger partial charge in [0.05, 0.1) is 12.6 Å². The molecule has 0 aromatic heterocycles. The molecule has 2 heterocycles. The van der Waals surface area contributed by atoms with Gasteiger partial charge >= 0.3 is 0 Å². The topological polar surface area (TPSA) is 43.8 Å². The van der Waals surface area contributed by atoms with Crippen LogP contribution in [0.5, 0.6) is 0 Å². The van der Waals surface area contributed by atoms with Gasteiger partial charge < -0.3 is 10.0 Å². The van der Waals surface area contributed by atoms with Crippen molar-refractivity contribution < 1.29 is 9.90 Å². The molecule has 0 spiro atoms. The summed E-state index contributed by atoms with van der Waals surface area (Å²) >= 11 is 0. The van der Waals surface area contributed by atoms with Crippen LogP contribution in [0.2, 0.25) is 0 Å².